The maximum absolute atomic E-state index is 12.7. The van der Waals surface area contributed by atoms with Crippen molar-refractivity contribution in [3.63, 3.8) is 0 Å². The van der Waals surface area contributed by atoms with E-state index in [2.05, 4.69) is 9.88 Å². The van der Waals surface area contributed by atoms with Crippen molar-refractivity contribution >= 4 is 28.5 Å². The minimum atomic E-state index is -0.546. The third kappa shape index (κ3) is 3.81. The normalized spacial score (nSPS) is 13.5. The Hall–Kier alpha value is -3.35. The van der Waals surface area contributed by atoms with Gasteiger partial charge >= 0.3 is 11.6 Å². The topological polar surface area (TPSA) is 90.5 Å². The Labute approximate surface area is 167 Å². The average molecular weight is 394 g/mol. The van der Waals surface area contributed by atoms with E-state index in [1.54, 1.807) is 18.2 Å². The summed E-state index contributed by atoms with van der Waals surface area (Å²) in [5, 5.41) is 3.29. The molecule has 1 fully saturated rings. The Morgan fingerprint density at radius 1 is 1.21 bits per heavy atom. The Bertz CT molecular complexity index is 1180. The second kappa shape index (κ2) is 7.24. The molecule has 3 aromatic rings. The van der Waals surface area contributed by atoms with E-state index < -0.39 is 11.6 Å². The molecule has 1 N–H and O–H groups in total. The van der Waals surface area contributed by atoms with Gasteiger partial charge in [-0.1, -0.05) is 0 Å². The highest BCUT2D eigenvalue weighted by Crippen LogP contribution is 2.38. The summed E-state index contributed by atoms with van der Waals surface area (Å²) in [5.74, 6) is -0.637. The lowest BCUT2D eigenvalue weighted by Gasteiger charge is -2.10. The molecule has 0 unspecified atom stereocenters. The van der Waals surface area contributed by atoms with Crippen molar-refractivity contribution in [1.82, 2.24) is 4.57 Å². The molecule has 0 saturated heterocycles. The number of amides is 1. The first kappa shape index (κ1) is 19.0. The molecule has 1 saturated carbocycles. The van der Waals surface area contributed by atoms with Crippen LogP contribution in [0.5, 0.6) is 0 Å². The molecule has 29 heavy (non-hydrogen) atoms. The number of nitrogens with one attached hydrogen (secondary N) is 1. The first-order valence-electron chi connectivity index (χ1n) is 9.53. The van der Waals surface area contributed by atoms with E-state index in [1.807, 2.05) is 19.9 Å². The van der Waals surface area contributed by atoms with Gasteiger partial charge in [0.15, 0.2) is 0 Å². The number of rotatable bonds is 5. The molecule has 1 aromatic carbocycles. The van der Waals surface area contributed by atoms with Gasteiger partial charge in [0.05, 0.1) is 5.56 Å². The Morgan fingerprint density at radius 3 is 2.66 bits per heavy atom. The van der Waals surface area contributed by atoms with Gasteiger partial charge in [-0.15, -0.1) is 0 Å². The van der Waals surface area contributed by atoms with E-state index in [4.69, 9.17) is 9.15 Å². The second-order valence-corrected chi connectivity index (χ2v) is 7.44. The minimum absolute atomic E-state index is 0.0481. The quantitative estimate of drug-likeness (QED) is 0.524. The van der Waals surface area contributed by atoms with Crippen LogP contribution < -0.4 is 10.9 Å². The fourth-order valence-electron chi connectivity index (χ4n) is 3.73. The maximum atomic E-state index is 12.7. The van der Waals surface area contributed by atoms with Gasteiger partial charge in [-0.2, -0.15) is 0 Å². The summed E-state index contributed by atoms with van der Waals surface area (Å²) in [6, 6.07) is 8.67. The van der Waals surface area contributed by atoms with Gasteiger partial charge in [-0.3, -0.25) is 4.79 Å². The summed E-state index contributed by atoms with van der Waals surface area (Å²) in [4.78, 5) is 35.8. The molecule has 0 radical (unpaired) electrons. The lowest BCUT2D eigenvalue weighted by atomic mass is 10.1. The Balaban J connectivity index is 1.58. The van der Waals surface area contributed by atoms with Crippen LogP contribution in [0.2, 0.25) is 0 Å². The van der Waals surface area contributed by atoms with E-state index >= 15 is 0 Å². The van der Waals surface area contributed by atoms with Gasteiger partial charge in [-0.25, -0.2) is 9.59 Å². The van der Waals surface area contributed by atoms with Crippen LogP contribution in [0.4, 0.5) is 5.69 Å². The van der Waals surface area contributed by atoms with Crippen molar-refractivity contribution in [2.75, 3.05) is 5.32 Å². The van der Waals surface area contributed by atoms with Gasteiger partial charge in [0.25, 0.3) is 0 Å². The van der Waals surface area contributed by atoms with Crippen molar-refractivity contribution in [2.45, 2.75) is 46.3 Å². The van der Waals surface area contributed by atoms with Crippen LogP contribution in [0.15, 0.2) is 39.5 Å². The van der Waals surface area contributed by atoms with E-state index in [0.717, 1.165) is 24.2 Å². The van der Waals surface area contributed by atoms with Gasteiger partial charge in [0, 0.05) is 53.1 Å². The predicted octanol–water partition coefficient (Wildman–Crippen LogP) is 3.86. The number of fused-ring (bicyclic) bond motifs is 1. The lowest BCUT2D eigenvalue weighted by Crippen LogP contribution is -2.10. The van der Waals surface area contributed by atoms with Gasteiger partial charge in [-0.05, 0) is 44.9 Å². The molecule has 150 valence electrons. The van der Waals surface area contributed by atoms with Crippen molar-refractivity contribution in [1.29, 1.82) is 0 Å². The van der Waals surface area contributed by atoms with Crippen LogP contribution in [-0.2, 0) is 16.1 Å². The summed E-state index contributed by atoms with van der Waals surface area (Å²) < 4.78 is 12.9. The number of hydrogen-bond donors (Lipinski definition) is 1. The third-order valence-electron chi connectivity index (χ3n) is 5.13. The SMILES string of the molecule is CC(=O)Nc1ccc2c(COC(=O)c3cc(C)n(C4CC4)c3C)cc(=O)oc2c1. The molecule has 0 bridgehead atoms. The number of aryl methyl sites for hydroxylation is 1. The zero-order chi connectivity index (χ0) is 20.7. The molecule has 0 aliphatic heterocycles. The summed E-state index contributed by atoms with van der Waals surface area (Å²) >= 11 is 0. The fraction of sp³-hybridized carbons (Fsp3) is 0.318. The zero-order valence-electron chi connectivity index (χ0n) is 16.6. The Kier molecular flexibility index (Phi) is 4.74. The van der Waals surface area contributed by atoms with E-state index in [0.29, 0.717) is 33.8 Å². The average Bonchev–Trinajstić information content (AvgIpc) is 3.43. The predicted molar refractivity (Wildman–Crippen MR) is 108 cm³/mol. The van der Waals surface area contributed by atoms with E-state index in [1.165, 1.54) is 13.0 Å². The first-order valence-corrected chi connectivity index (χ1v) is 9.53. The number of carbonyl (C=O) groups excluding carboxylic acids is 2. The van der Waals surface area contributed by atoms with Crippen molar-refractivity contribution < 1.29 is 18.7 Å². The van der Waals surface area contributed by atoms with Crippen LogP contribution in [0.1, 0.15) is 53.1 Å². The summed E-state index contributed by atoms with van der Waals surface area (Å²) in [6.07, 6.45) is 2.27. The molecule has 7 heteroatoms. The fourth-order valence-corrected chi connectivity index (χ4v) is 3.73. The number of hydrogen-bond acceptors (Lipinski definition) is 5. The summed E-state index contributed by atoms with van der Waals surface area (Å²) in [5.41, 5.74) is 3.36. The number of nitrogens with zero attached hydrogens (tertiary/aromatic N) is 1. The number of carbonyl (C=O) groups is 2. The molecular formula is C22H22N2O5. The highest BCUT2D eigenvalue weighted by molar-refractivity contribution is 5.93. The number of ether oxygens (including phenoxy) is 1. The van der Waals surface area contributed by atoms with Crippen LogP contribution in [0, 0.1) is 13.8 Å². The van der Waals surface area contributed by atoms with Gasteiger partial charge in [0.2, 0.25) is 5.91 Å². The number of esters is 1. The molecule has 0 spiro atoms. The number of benzene rings is 1. The van der Waals surface area contributed by atoms with Gasteiger partial charge < -0.3 is 19.0 Å². The zero-order valence-corrected chi connectivity index (χ0v) is 16.6. The van der Waals surface area contributed by atoms with Crippen LogP contribution >= 0.6 is 0 Å². The molecule has 1 aliphatic carbocycles. The number of anilines is 1. The molecule has 2 heterocycles. The second-order valence-electron chi connectivity index (χ2n) is 7.44. The standard InChI is InChI=1S/C22H22N2O5/c1-12-8-19(13(2)24(12)17-5-6-17)22(27)28-11-15-9-21(26)29-20-10-16(23-14(3)25)4-7-18(15)20/h4,7-10,17H,5-6,11H2,1-3H3,(H,23,25). The lowest BCUT2D eigenvalue weighted by molar-refractivity contribution is -0.114. The Morgan fingerprint density at radius 2 is 1.97 bits per heavy atom. The van der Waals surface area contributed by atoms with Crippen LogP contribution in [-0.4, -0.2) is 16.4 Å². The first-order chi connectivity index (χ1) is 13.8. The van der Waals surface area contributed by atoms with E-state index in [9.17, 15) is 14.4 Å². The molecule has 2 aromatic heterocycles. The molecule has 1 aliphatic rings. The molecule has 1 amide bonds. The van der Waals surface area contributed by atoms with Crippen LogP contribution in [0.3, 0.4) is 0 Å². The molecule has 7 nitrogen and oxygen atoms in total. The van der Waals surface area contributed by atoms with Crippen LogP contribution in [0.25, 0.3) is 11.0 Å². The maximum Gasteiger partial charge on any atom is 0.340 e. The number of aromatic nitrogens is 1. The minimum Gasteiger partial charge on any atom is -0.457 e. The highest BCUT2D eigenvalue weighted by Gasteiger charge is 2.28. The van der Waals surface area contributed by atoms with Crippen molar-refractivity contribution in [3.05, 3.63) is 63.3 Å². The third-order valence-corrected chi connectivity index (χ3v) is 5.13. The summed E-state index contributed by atoms with van der Waals surface area (Å²) in [7, 11) is 0. The van der Waals surface area contributed by atoms with E-state index in [-0.39, 0.29) is 12.5 Å². The smallest absolute Gasteiger partial charge is 0.340 e. The summed E-state index contributed by atoms with van der Waals surface area (Å²) in [6.45, 7) is 5.27. The molecular weight excluding hydrogens is 372 g/mol. The van der Waals surface area contributed by atoms with Gasteiger partial charge in [0.1, 0.15) is 12.2 Å². The molecule has 4 rings (SSSR count). The highest BCUT2D eigenvalue weighted by atomic mass is 16.5. The van der Waals surface area contributed by atoms with Crippen molar-refractivity contribution in [3.8, 4) is 0 Å². The molecule has 0 atom stereocenters. The largest absolute Gasteiger partial charge is 0.457 e. The monoisotopic (exact) mass is 394 g/mol. The van der Waals surface area contributed by atoms with Crippen molar-refractivity contribution in [2.24, 2.45) is 0 Å².